The molecule has 0 fully saturated rings. The minimum absolute atomic E-state index is 0.185. The molecule has 1 atom stereocenters. The Labute approximate surface area is 109 Å². The Bertz CT molecular complexity index is 367. The first-order valence-electron chi connectivity index (χ1n) is 6.54. The van der Waals surface area contributed by atoms with E-state index < -0.39 is 0 Å². The lowest BCUT2D eigenvalue weighted by Gasteiger charge is -2.22. The Kier molecular flexibility index (Phi) is 4.99. The standard InChI is InChI=1S/C14H22N2O2/c1-15-13(11-17)6-7-16-8-9-18-14-5-3-2-4-12(14)10-16/h2-5,13,15,17H,6-11H2,1H3. The zero-order valence-corrected chi connectivity index (χ0v) is 10.9. The Balaban J connectivity index is 1.91. The molecule has 1 aromatic carbocycles. The van der Waals surface area contributed by atoms with Crippen molar-refractivity contribution in [1.29, 1.82) is 0 Å². The van der Waals surface area contributed by atoms with Crippen LogP contribution in [-0.4, -0.2) is 49.4 Å². The number of aliphatic hydroxyl groups excluding tert-OH is 1. The van der Waals surface area contributed by atoms with Gasteiger partial charge in [0.15, 0.2) is 0 Å². The molecule has 18 heavy (non-hydrogen) atoms. The van der Waals surface area contributed by atoms with E-state index in [0.29, 0.717) is 0 Å². The fraction of sp³-hybridized carbons (Fsp3) is 0.571. The summed E-state index contributed by atoms with van der Waals surface area (Å²) < 4.78 is 5.73. The van der Waals surface area contributed by atoms with Gasteiger partial charge in [-0.2, -0.15) is 0 Å². The van der Waals surface area contributed by atoms with E-state index in [0.717, 1.165) is 38.4 Å². The van der Waals surface area contributed by atoms with Crippen molar-refractivity contribution in [3.05, 3.63) is 29.8 Å². The summed E-state index contributed by atoms with van der Waals surface area (Å²) in [6.45, 7) is 3.77. The number of nitrogens with zero attached hydrogens (tertiary/aromatic N) is 1. The molecular formula is C14H22N2O2. The van der Waals surface area contributed by atoms with Gasteiger partial charge in [-0.3, -0.25) is 4.90 Å². The van der Waals surface area contributed by atoms with Crippen molar-refractivity contribution < 1.29 is 9.84 Å². The molecule has 0 amide bonds. The molecule has 4 heteroatoms. The van der Waals surface area contributed by atoms with Crippen molar-refractivity contribution in [3.63, 3.8) is 0 Å². The van der Waals surface area contributed by atoms with Crippen molar-refractivity contribution in [2.75, 3.05) is 33.4 Å². The lowest BCUT2D eigenvalue weighted by atomic mass is 10.1. The van der Waals surface area contributed by atoms with Gasteiger partial charge < -0.3 is 15.2 Å². The minimum atomic E-state index is 0.185. The van der Waals surface area contributed by atoms with E-state index >= 15 is 0 Å². The first-order valence-corrected chi connectivity index (χ1v) is 6.54. The molecule has 1 heterocycles. The van der Waals surface area contributed by atoms with E-state index in [1.54, 1.807) is 0 Å². The van der Waals surface area contributed by atoms with Crippen LogP contribution in [0.2, 0.25) is 0 Å². The number of benzene rings is 1. The highest BCUT2D eigenvalue weighted by molar-refractivity contribution is 5.33. The molecule has 0 aromatic heterocycles. The monoisotopic (exact) mass is 250 g/mol. The lowest BCUT2D eigenvalue weighted by molar-refractivity contribution is 0.194. The van der Waals surface area contributed by atoms with Crippen molar-refractivity contribution in [3.8, 4) is 5.75 Å². The molecule has 0 radical (unpaired) electrons. The van der Waals surface area contributed by atoms with Gasteiger partial charge in [0.1, 0.15) is 12.4 Å². The Morgan fingerprint density at radius 1 is 1.44 bits per heavy atom. The number of para-hydroxylation sites is 1. The fourth-order valence-electron chi connectivity index (χ4n) is 2.24. The van der Waals surface area contributed by atoms with Crippen LogP contribution in [0.25, 0.3) is 0 Å². The van der Waals surface area contributed by atoms with Crippen molar-refractivity contribution in [2.45, 2.75) is 19.0 Å². The average Bonchev–Trinajstić information content (AvgIpc) is 2.61. The topological polar surface area (TPSA) is 44.7 Å². The third kappa shape index (κ3) is 3.45. The maximum Gasteiger partial charge on any atom is 0.123 e. The second kappa shape index (κ2) is 6.73. The number of aliphatic hydroxyl groups is 1. The number of rotatable bonds is 5. The third-order valence-electron chi connectivity index (χ3n) is 3.45. The predicted octanol–water partition coefficient (Wildman–Crippen LogP) is 0.851. The van der Waals surface area contributed by atoms with Gasteiger partial charge in [0.2, 0.25) is 0 Å². The molecule has 0 saturated heterocycles. The summed E-state index contributed by atoms with van der Waals surface area (Å²) in [6.07, 6.45) is 0.954. The molecule has 0 bridgehead atoms. The van der Waals surface area contributed by atoms with E-state index in [9.17, 15) is 0 Å². The minimum Gasteiger partial charge on any atom is -0.492 e. The number of hydrogen-bond donors (Lipinski definition) is 2. The molecule has 0 spiro atoms. The SMILES string of the molecule is CNC(CO)CCN1CCOc2ccccc2C1. The molecule has 100 valence electrons. The smallest absolute Gasteiger partial charge is 0.123 e. The van der Waals surface area contributed by atoms with Crippen LogP contribution < -0.4 is 10.1 Å². The number of ether oxygens (including phenoxy) is 1. The summed E-state index contributed by atoms with van der Waals surface area (Å²) in [6, 6.07) is 8.40. The number of fused-ring (bicyclic) bond motifs is 1. The highest BCUT2D eigenvalue weighted by Gasteiger charge is 2.15. The van der Waals surface area contributed by atoms with Gasteiger partial charge in [0.05, 0.1) is 6.61 Å². The van der Waals surface area contributed by atoms with Crippen molar-refractivity contribution >= 4 is 0 Å². The van der Waals surface area contributed by atoms with Gasteiger partial charge in [0, 0.05) is 31.2 Å². The first-order chi connectivity index (χ1) is 8.83. The molecule has 1 unspecified atom stereocenters. The van der Waals surface area contributed by atoms with Crippen LogP contribution in [0.5, 0.6) is 5.75 Å². The molecule has 1 aliphatic heterocycles. The third-order valence-corrected chi connectivity index (χ3v) is 3.45. The highest BCUT2D eigenvalue weighted by atomic mass is 16.5. The van der Waals surface area contributed by atoms with Crippen LogP contribution >= 0.6 is 0 Å². The second-order valence-electron chi connectivity index (χ2n) is 4.69. The summed E-state index contributed by atoms with van der Waals surface area (Å²) in [5, 5.41) is 12.3. The highest BCUT2D eigenvalue weighted by Crippen LogP contribution is 2.22. The van der Waals surface area contributed by atoms with Gasteiger partial charge >= 0.3 is 0 Å². The fourth-order valence-corrected chi connectivity index (χ4v) is 2.24. The summed E-state index contributed by atoms with van der Waals surface area (Å²) in [4.78, 5) is 2.38. The van der Waals surface area contributed by atoms with Gasteiger partial charge in [-0.1, -0.05) is 18.2 Å². The molecular weight excluding hydrogens is 228 g/mol. The average molecular weight is 250 g/mol. The molecule has 4 nitrogen and oxygen atoms in total. The zero-order valence-electron chi connectivity index (χ0n) is 10.9. The number of hydrogen-bond acceptors (Lipinski definition) is 4. The van der Waals surface area contributed by atoms with Crippen LogP contribution in [0.3, 0.4) is 0 Å². The lowest BCUT2D eigenvalue weighted by Crippen LogP contribution is -2.35. The Hall–Kier alpha value is -1.10. The van der Waals surface area contributed by atoms with Crippen LogP contribution in [0, 0.1) is 0 Å². The molecule has 2 N–H and O–H groups in total. The van der Waals surface area contributed by atoms with E-state index in [4.69, 9.17) is 9.84 Å². The number of nitrogens with one attached hydrogen (secondary N) is 1. The van der Waals surface area contributed by atoms with Crippen LogP contribution in [0.1, 0.15) is 12.0 Å². The van der Waals surface area contributed by atoms with Gasteiger partial charge in [-0.05, 0) is 19.5 Å². The number of likely N-dealkylation sites (N-methyl/N-ethyl adjacent to an activating group) is 1. The summed E-state index contributed by atoms with van der Waals surface area (Å²) in [5.74, 6) is 1.01. The molecule has 2 rings (SSSR count). The van der Waals surface area contributed by atoms with Gasteiger partial charge in [-0.15, -0.1) is 0 Å². The van der Waals surface area contributed by atoms with Crippen LogP contribution in [0.4, 0.5) is 0 Å². The van der Waals surface area contributed by atoms with E-state index in [2.05, 4.69) is 22.3 Å². The maximum atomic E-state index is 9.16. The summed E-state index contributed by atoms with van der Waals surface area (Å²) in [7, 11) is 1.89. The van der Waals surface area contributed by atoms with E-state index in [1.807, 2.05) is 19.2 Å². The van der Waals surface area contributed by atoms with E-state index in [-0.39, 0.29) is 12.6 Å². The van der Waals surface area contributed by atoms with Gasteiger partial charge in [0.25, 0.3) is 0 Å². The van der Waals surface area contributed by atoms with Crippen LogP contribution in [-0.2, 0) is 6.54 Å². The first kappa shape index (κ1) is 13.3. The molecule has 0 saturated carbocycles. The Morgan fingerprint density at radius 3 is 3.06 bits per heavy atom. The zero-order chi connectivity index (χ0) is 12.8. The van der Waals surface area contributed by atoms with Crippen LogP contribution in [0.15, 0.2) is 24.3 Å². The van der Waals surface area contributed by atoms with E-state index in [1.165, 1.54) is 5.56 Å². The molecule has 1 aromatic rings. The second-order valence-corrected chi connectivity index (χ2v) is 4.69. The quantitative estimate of drug-likeness (QED) is 0.813. The summed E-state index contributed by atoms with van der Waals surface area (Å²) >= 11 is 0. The predicted molar refractivity (Wildman–Crippen MR) is 71.8 cm³/mol. The maximum absolute atomic E-state index is 9.16. The normalized spacial score (nSPS) is 17.7. The van der Waals surface area contributed by atoms with Crippen molar-refractivity contribution in [1.82, 2.24) is 10.2 Å². The van der Waals surface area contributed by atoms with Gasteiger partial charge in [-0.25, -0.2) is 0 Å². The summed E-state index contributed by atoms with van der Waals surface area (Å²) in [5.41, 5.74) is 1.25. The Morgan fingerprint density at radius 2 is 2.28 bits per heavy atom. The van der Waals surface area contributed by atoms with Crippen molar-refractivity contribution in [2.24, 2.45) is 0 Å². The molecule has 1 aliphatic rings. The largest absolute Gasteiger partial charge is 0.492 e. The molecule has 0 aliphatic carbocycles.